The molecule has 2 aromatic carbocycles. The quantitative estimate of drug-likeness (QED) is 0.758. The molecule has 0 bridgehead atoms. The van der Waals surface area contributed by atoms with E-state index in [9.17, 15) is 5.26 Å². The first-order valence-electron chi connectivity index (χ1n) is 6.42. The molecule has 1 saturated carbocycles. The van der Waals surface area contributed by atoms with Crippen LogP contribution in [0.5, 0.6) is 0 Å². The fourth-order valence-electron chi connectivity index (χ4n) is 2.74. The van der Waals surface area contributed by atoms with Gasteiger partial charge in [-0.15, -0.1) is 0 Å². The summed E-state index contributed by atoms with van der Waals surface area (Å²) in [6, 6.07) is 21.2. The van der Waals surface area contributed by atoms with Gasteiger partial charge in [0.25, 0.3) is 0 Å². The smallest absolute Gasteiger partial charge is 0.0828 e. The van der Waals surface area contributed by atoms with Crippen molar-refractivity contribution in [1.82, 2.24) is 0 Å². The van der Waals surface area contributed by atoms with E-state index >= 15 is 0 Å². The Bertz CT molecular complexity index is 589. The third-order valence-corrected chi connectivity index (χ3v) is 3.95. The van der Waals surface area contributed by atoms with Crippen molar-refractivity contribution in [1.29, 1.82) is 5.26 Å². The lowest BCUT2D eigenvalue weighted by atomic mass is 9.64. The minimum Gasteiger partial charge on any atom is -0.197 e. The van der Waals surface area contributed by atoms with Crippen LogP contribution in [0, 0.1) is 11.3 Å². The molecule has 0 saturated heterocycles. The van der Waals surface area contributed by atoms with Gasteiger partial charge in [0, 0.05) is 0 Å². The van der Waals surface area contributed by atoms with E-state index < -0.39 is 0 Å². The molecule has 0 amide bonds. The van der Waals surface area contributed by atoms with Crippen LogP contribution >= 0.6 is 0 Å². The molecule has 0 spiro atoms. The first-order chi connectivity index (χ1) is 8.86. The van der Waals surface area contributed by atoms with Gasteiger partial charge in [-0.05, 0) is 36.0 Å². The van der Waals surface area contributed by atoms with Crippen LogP contribution in [0.1, 0.15) is 24.8 Å². The lowest BCUT2D eigenvalue weighted by Gasteiger charge is -2.37. The highest BCUT2D eigenvalue weighted by Crippen LogP contribution is 2.46. The monoisotopic (exact) mass is 233 g/mol. The maximum atomic E-state index is 9.51. The van der Waals surface area contributed by atoms with E-state index in [1.165, 1.54) is 16.7 Å². The molecule has 1 aliphatic carbocycles. The Balaban J connectivity index is 2.15. The summed E-state index contributed by atoms with van der Waals surface area (Å²) in [6.07, 6.45) is 3.15. The van der Waals surface area contributed by atoms with Crippen LogP contribution in [-0.4, -0.2) is 0 Å². The number of rotatable bonds is 2. The zero-order valence-corrected chi connectivity index (χ0v) is 10.3. The summed E-state index contributed by atoms with van der Waals surface area (Å²) in [7, 11) is 0. The summed E-state index contributed by atoms with van der Waals surface area (Å²) in [4.78, 5) is 0. The fourth-order valence-corrected chi connectivity index (χ4v) is 2.74. The van der Waals surface area contributed by atoms with Crippen LogP contribution < -0.4 is 0 Å². The fraction of sp³-hybridized carbons (Fsp3) is 0.235. The predicted octanol–water partition coefficient (Wildman–Crippen LogP) is 4.30. The highest BCUT2D eigenvalue weighted by molar-refractivity contribution is 5.70. The summed E-state index contributed by atoms with van der Waals surface area (Å²) in [5.74, 6) is 0. The minimum atomic E-state index is -0.244. The second-order valence-electron chi connectivity index (χ2n) is 4.96. The highest BCUT2D eigenvalue weighted by atomic mass is 14.5. The zero-order valence-electron chi connectivity index (χ0n) is 10.3. The number of nitrogens with zero attached hydrogens (tertiary/aromatic N) is 1. The number of hydrogen-bond donors (Lipinski definition) is 0. The minimum absolute atomic E-state index is 0.244. The van der Waals surface area contributed by atoms with E-state index in [-0.39, 0.29) is 5.41 Å². The second kappa shape index (κ2) is 4.31. The number of hydrogen-bond acceptors (Lipinski definition) is 1. The molecule has 1 fully saturated rings. The van der Waals surface area contributed by atoms with Crippen LogP contribution in [0.3, 0.4) is 0 Å². The van der Waals surface area contributed by atoms with Crippen molar-refractivity contribution in [3.05, 3.63) is 60.2 Å². The number of benzene rings is 2. The van der Waals surface area contributed by atoms with Gasteiger partial charge in [0.1, 0.15) is 0 Å². The molecule has 0 atom stereocenters. The third kappa shape index (κ3) is 1.62. The Morgan fingerprint density at radius 1 is 0.889 bits per heavy atom. The van der Waals surface area contributed by atoms with Crippen molar-refractivity contribution in [2.24, 2.45) is 0 Å². The normalized spacial score (nSPS) is 16.6. The average molecular weight is 233 g/mol. The molecule has 0 aliphatic heterocycles. The van der Waals surface area contributed by atoms with E-state index in [0.717, 1.165) is 19.3 Å². The van der Waals surface area contributed by atoms with E-state index in [4.69, 9.17) is 0 Å². The maximum absolute atomic E-state index is 9.51. The molecule has 0 aromatic heterocycles. The molecule has 0 unspecified atom stereocenters. The summed E-state index contributed by atoms with van der Waals surface area (Å²) in [6.45, 7) is 0. The predicted molar refractivity (Wildman–Crippen MR) is 73.0 cm³/mol. The van der Waals surface area contributed by atoms with Gasteiger partial charge < -0.3 is 0 Å². The van der Waals surface area contributed by atoms with Crippen molar-refractivity contribution < 1.29 is 0 Å². The van der Waals surface area contributed by atoms with Gasteiger partial charge in [-0.25, -0.2) is 0 Å². The van der Waals surface area contributed by atoms with E-state index in [2.05, 4.69) is 36.4 Å². The highest BCUT2D eigenvalue weighted by Gasteiger charge is 2.40. The molecule has 0 radical (unpaired) electrons. The largest absolute Gasteiger partial charge is 0.197 e. The first-order valence-corrected chi connectivity index (χ1v) is 6.42. The average Bonchev–Trinajstić information content (AvgIpc) is 2.40. The number of nitriles is 1. The van der Waals surface area contributed by atoms with Crippen molar-refractivity contribution in [3.8, 4) is 17.2 Å². The van der Waals surface area contributed by atoms with Gasteiger partial charge >= 0.3 is 0 Å². The standard InChI is InChI=1S/C17H15N/c18-13-17(11-6-12-17)16-10-5-4-9-15(16)14-7-2-1-3-8-14/h1-5,7-10H,6,11-12H2. The van der Waals surface area contributed by atoms with Crippen LogP contribution in [0.4, 0.5) is 0 Å². The van der Waals surface area contributed by atoms with Gasteiger partial charge in [0.15, 0.2) is 0 Å². The molecule has 0 N–H and O–H groups in total. The summed E-state index contributed by atoms with van der Waals surface area (Å²) in [5, 5.41) is 9.51. The van der Waals surface area contributed by atoms with Crippen molar-refractivity contribution in [3.63, 3.8) is 0 Å². The molecule has 18 heavy (non-hydrogen) atoms. The van der Waals surface area contributed by atoms with Crippen molar-refractivity contribution in [2.75, 3.05) is 0 Å². The van der Waals surface area contributed by atoms with Gasteiger partial charge in [0.05, 0.1) is 11.5 Å². The molecular formula is C17H15N. The van der Waals surface area contributed by atoms with Crippen LogP contribution in [0.2, 0.25) is 0 Å². The van der Waals surface area contributed by atoms with Gasteiger partial charge in [-0.1, -0.05) is 54.6 Å². The molecule has 3 rings (SSSR count). The lowest BCUT2D eigenvalue weighted by Crippen LogP contribution is -2.32. The molecule has 1 aliphatic rings. The van der Waals surface area contributed by atoms with Gasteiger partial charge in [-0.3, -0.25) is 0 Å². The Morgan fingerprint density at radius 3 is 2.17 bits per heavy atom. The van der Waals surface area contributed by atoms with Crippen LogP contribution in [0.15, 0.2) is 54.6 Å². The molecular weight excluding hydrogens is 218 g/mol. The lowest BCUT2D eigenvalue weighted by molar-refractivity contribution is 0.325. The Hall–Kier alpha value is -2.07. The van der Waals surface area contributed by atoms with Crippen molar-refractivity contribution in [2.45, 2.75) is 24.7 Å². The molecule has 0 heterocycles. The van der Waals surface area contributed by atoms with Crippen molar-refractivity contribution >= 4 is 0 Å². The van der Waals surface area contributed by atoms with E-state index in [1.807, 2.05) is 24.3 Å². The maximum Gasteiger partial charge on any atom is 0.0828 e. The topological polar surface area (TPSA) is 23.8 Å². The molecule has 1 heteroatoms. The van der Waals surface area contributed by atoms with E-state index in [1.54, 1.807) is 0 Å². The molecule has 1 nitrogen and oxygen atoms in total. The van der Waals surface area contributed by atoms with Gasteiger partial charge in [0.2, 0.25) is 0 Å². The summed E-state index contributed by atoms with van der Waals surface area (Å²) >= 11 is 0. The first kappa shape index (κ1) is 11.0. The third-order valence-electron chi connectivity index (χ3n) is 3.95. The molecule has 88 valence electrons. The SMILES string of the molecule is N#CC1(c2ccccc2-c2ccccc2)CCC1. The van der Waals surface area contributed by atoms with Crippen LogP contribution in [-0.2, 0) is 5.41 Å². The Labute approximate surface area is 108 Å². The Kier molecular flexibility index (Phi) is 2.64. The summed E-state index contributed by atoms with van der Waals surface area (Å²) < 4.78 is 0. The summed E-state index contributed by atoms with van der Waals surface area (Å²) in [5.41, 5.74) is 3.37. The van der Waals surface area contributed by atoms with Crippen LogP contribution in [0.25, 0.3) is 11.1 Å². The zero-order chi connectivity index (χ0) is 12.4. The molecule has 2 aromatic rings. The van der Waals surface area contributed by atoms with Gasteiger partial charge in [-0.2, -0.15) is 5.26 Å². The Morgan fingerprint density at radius 2 is 1.56 bits per heavy atom. The second-order valence-corrected chi connectivity index (χ2v) is 4.96. The van der Waals surface area contributed by atoms with E-state index in [0.29, 0.717) is 0 Å².